The number of amides is 1. The Morgan fingerprint density at radius 1 is 1.00 bits per heavy atom. The molecule has 4 nitrogen and oxygen atoms in total. The summed E-state index contributed by atoms with van der Waals surface area (Å²) in [6.45, 7) is 0. The molecule has 1 aromatic heterocycles. The average molecular weight is 334 g/mol. The number of pyridine rings is 1. The number of carbonyl (C=O) groups excluding carboxylic acids is 1. The van der Waals surface area contributed by atoms with Gasteiger partial charge in [0.15, 0.2) is 11.6 Å². The molecule has 25 heavy (non-hydrogen) atoms. The van der Waals surface area contributed by atoms with E-state index >= 15 is 0 Å². The fraction of sp³-hybridized carbons (Fsp3) is 0. The van der Waals surface area contributed by atoms with Gasteiger partial charge in [0.2, 0.25) is 11.8 Å². The number of rotatable bonds is 5. The molecule has 0 fully saturated rings. The maximum Gasteiger partial charge on any atom is 0.248 e. The highest BCUT2D eigenvalue weighted by Crippen LogP contribution is 2.23. The Labute approximate surface area is 144 Å². The van der Waals surface area contributed by atoms with Crippen LogP contribution in [0.2, 0.25) is 0 Å². The number of halogens is 1. The van der Waals surface area contributed by atoms with Crippen molar-refractivity contribution >= 4 is 17.7 Å². The van der Waals surface area contributed by atoms with Crippen LogP contribution in [0.3, 0.4) is 0 Å². The molecule has 0 aliphatic carbocycles. The van der Waals surface area contributed by atoms with Crippen molar-refractivity contribution in [3.05, 3.63) is 90.4 Å². The van der Waals surface area contributed by atoms with Crippen LogP contribution in [0.25, 0.3) is 6.08 Å². The van der Waals surface area contributed by atoms with Crippen molar-refractivity contribution in [1.29, 1.82) is 0 Å². The number of carbonyl (C=O) groups is 1. The number of nitrogens with zero attached hydrogens (tertiary/aromatic N) is 1. The second kappa shape index (κ2) is 7.88. The lowest BCUT2D eigenvalue weighted by molar-refractivity contribution is -0.111. The van der Waals surface area contributed by atoms with Crippen LogP contribution in [0.1, 0.15) is 5.56 Å². The number of ether oxygens (including phenoxy) is 1. The summed E-state index contributed by atoms with van der Waals surface area (Å²) in [6.07, 6.45) is 4.61. The lowest BCUT2D eigenvalue weighted by atomic mass is 10.2. The van der Waals surface area contributed by atoms with Crippen molar-refractivity contribution < 1.29 is 13.9 Å². The highest BCUT2D eigenvalue weighted by Gasteiger charge is 2.05. The first-order valence-corrected chi connectivity index (χ1v) is 7.63. The fourth-order valence-electron chi connectivity index (χ4n) is 2.07. The van der Waals surface area contributed by atoms with E-state index in [-0.39, 0.29) is 17.5 Å². The molecule has 3 aromatic rings. The second-order valence-electron chi connectivity index (χ2n) is 5.15. The minimum atomic E-state index is -0.465. The van der Waals surface area contributed by atoms with Crippen molar-refractivity contribution in [3.8, 4) is 11.6 Å². The standard InChI is InChI=1S/C20H15FN2O2/c21-17-8-4-5-9-18(17)25-20-13-11-16(14-22-20)23-19(24)12-10-15-6-2-1-3-7-15/h1-14H,(H,23,24). The normalized spacial score (nSPS) is 10.6. The maximum atomic E-state index is 13.5. The van der Waals surface area contributed by atoms with Gasteiger partial charge in [0.05, 0.1) is 11.9 Å². The molecule has 0 saturated carbocycles. The number of para-hydroxylation sites is 1. The Bertz CT molecular complexity index is 878. The Kier molecular flexibility index (Phi) is 5.16. The lowest BCUT2D eigenvalue weighted by Gasteiger charge is -2.06. The van der Waals surface area contributed by atoms with E-state index in [0.717, 1.165) is 5.56 Å². The van der Waals surface area contributed by atoms with Crippen LogP contribution in [0.4, 0.5) is 10.1 Å². The molecule has 0 aliphatic rings. The van der Waals surface area contributed by atoms with Crippen LogP contribution < -0.4 is 10.1 Å². The molecule has 0 unspecified atom stereocenters. The molecule has 0 bridgehead atoms. The smallest absolute Gasteiger partial charge is 0.248 e. The van der Waals surface area contributed by atoms with Crippen molar-refractivity contribution in [2.45, 2.75) is 0 Å². The molecule has 124 valence electrons. The molecule has 2 aromatic carbocycles. The summed E-state index contributed by atoms with van der Waals surface area (Å²) in [5.41, 5.74) is 1.45. The van der Waals surface area contributed by atoms with Crippen molar-refractivity contribution in [3.63, 3.8) is 0 Å². The lowest BCUT2D eigenvalue weighted by Crippen LogP contribution is -2.07. The number of hydrogen-bond acceptors (Lipinski definition) is 3. The van der Waals surface area contributed by atoms with Crippen LogP contribution in [0.5, 0.6) is 11.6 Å². The summed E-state index contributed by atoms with van der Waals surface area (Å²) >= 11 is 0. The van der Waals surface area contributed by atoms with Crippen molar-refractivity contribution in [2.24, 2.45) is 0 Å². The molecule has 1 amide bonds. The zero-order chi connectivity index (χ0) is 17.5. The van der Waals surface area contributed by atoms with Gasteiger partial charge in [-0.3, -0.25) is 4.79 Å². The third-order valence-electron chi connectivity index (χ3n) is 3.28. The zero-order valence-corrected chi connectivity index (χ0v) is 13.2. The largest absolute Gasteiger partial charge is 0.436 e. The third kappa shape index (κ3) is 4.75. The van der Waals surface area contributed by atoms with Crippen LogP contribution in [0, 0.1) is 5.82 Å². The summed E-state index contributed by atoms with van der Waals surface area (Å²) in [4.78, 5) is 16.0. The third-order valence-corrected chi connectivity index (χ3v) is 3.28. The van der Waals surface area contributed by atoms with Gasteiger partial charge in [0.1, 0.15) is 0 Å². The first kappa shape index (κ1) is 16.4. The Morgan fingerprint density at radius 3 is 2.48 bits per heavy atom. The Morgan fingerprint density at radius 2 is 1.76 bits per heavy atom. The molecule has 3 rings (SSSR count). The topological polar surface area (TPSA) is 51.2 Å². The fourth-order valence-corrected chi connectivity index (χ4v) is 2.07. The number of nitrogens with one attached hydrogen (secondary N) is 1. The van der Waals surface area contributed by atoms with E-state index in [9.17, 15) is 9.18 Å². The predicted octanol–water partition coefficient (Wildman–Crippen LogP) is 4.66. The van der Waals surface area contributed by atoms with E-state index in [1.807, 2.05) is 30.3 Å². The summed E-state index contributed by atoms with van der Waals surface area (Å²) in [7, 11) is 0. The molecule has 0 aliphatic heterocycles. The van der Waals surface area contributed by atoms with Crippen molar-refractivity contribution in [1.82, 2.24) is 4.98 Å². The highest BCUT2D eigenvalue weighted by molar-refractivity contribution is 6.01. The van der Waals surface area contributed by atoms with Crippen LogP contribution >= 0.6 is 0 Å². The quantitative estimate of drug-likeness (QED) is 0.690. The molecule has 0 atom stereocenters. The van der Waals surface area contributed by atoms with E-state index in [0.29, 0.717) is 5.69 Å². The van der Waals surface area contributed by atoms with Gasteiger partial charge in [-0.25, -0.2) is 9.37 Å². The number of anilines is 1. The predicted molar refractivity (Wildman–Crippen MR) is 94.8 cm³/mol. The maximum absolute atomic E-state index is 13.5. The molecule has 0 saturated heterocycles. The molecule has 5 heteroatoms. The molecule has 0 spiro atoms. The van der Waals surface area contributed by atoms with Crippen LogP contribution in [-0.4, -0.2) is 10.9 Å². The summed E-state index contributed by atoms with van der Waals surface area (Å²) < 4.78 is 18.9. The van der Waals surface area contributed by atoms with E-state index in [2.05, 4.69) is 10.3 Å². The van der Waals surface area contributed by atoms with Gasteiger partial charge in [-0.05, 0) is 29.8 Å². The van der Waals surface area contributed by atoms with Gasteiger partial charge < -0.3 is 10.1 Å². The second-order valence-corrected chi connectivity index (χ2v) is 5.15. The van der Waals surface area contributed by atoms with E-state index in [1.54, 1.807) is 30.3 Å². The van der Waals surface area contributed by atoms with Gasteiger partial charge in [0, 0.05) is 12.1 Å². The average Bonchev–Trinajstić information content (AvgIpc) is 2.64. The monoisotopic (exact) mass is 334 g/mol. The van der Waals surface area contributed by atoms with E-state index in [1.165, 1.54) is 24.4 Å². The Balaban J connectivity index is 1.60. The molecular formula is C20H15FN2O2. The first-order valence-electron chi connectivity index (χ1n) is 7.63. The number of hydrogen-bond donors (Lipinski definition) is 1. The van der Waals surface area contributed by atoms with Gasteiger partial charge in [-0.2, -0.15) is 0 Å². The molecular weight excluding hydrogens is 319 g/mol. The van der Waals surface area contributed by atoms with Gasteiger partial charge in [-0.1, -0.05) is 42.5 Å². The number of aromatic nitrogens is 1. The Hall–Kier alpha value is -3.47. The van der Waals surface area contributed by atoms with E-state index < -0.39 is 5.82 Å². The SMILES string of the molecule is O=C(C=Cc1ccccc1)Nc1ccc(Oc2ccccc2F)nc1. The summed E-state index contributed by atoms with van der Waals surface area (Å²) in [6, 6.07) is 18.8. The highest BCUT2D eigenvalue weighted by atomic mass is 19.1. The van der Waals surface area contributed by atoms with Crippen LogP contribution in [-0.2, 0) is 4.79 Å². The minimum absolute atomic E-state index is 0.0950. The van der Waals surface area contributed by atoms with Gasteiger partial charge in [0.25, 0.3) is 0 Å². The molecule has 1 heterocycles. The molecule has 1 N–H and O–H groups in total. The van der Waals surface area contributed by atoms with Gasteiger partial charge >= 0.3 is 0 Å². The minimum Gasteiger partial charge on any atom is -0.436 e. The van der Waals surface area contributed by atoms with Crippen molar-refractivity contribution in [2.75, 3.05) is 5.32 Å². The summed E-state index contributed by atoms with van der Waals surface area (Å²) in [5.74, 6) is -0.401. The van der Waals surface area contributed by atoms with Crippen LogP contribution in [0.15, 0.2) is 79.0 Å². The first-order chi connectivity index (χ1) is 12.2. The number of benzene rings is 2. The van der Waals surface area contributed by atoms with E-state index in [4.69, 9.17) is 4.74 Å². The van der Waals surface area contributed by atoms with Gasteiger partial charge in [-0.15, -0.1) is 0 Å². The molecule has 0 radical (unpaired) electrons. The zero-order valence-electron chi connectivity index (χ0n) is 13.2. The summed E-state index contributed by atoms with van der Waals surface area (Å²) in [5, 5.41) is 2.70.